The molecule has 124 valence electrons. The second-order valence-corrected chi connectivity index (χ2v) is 7.61. The molecule has 0 heterocycles. The van der Waals surface area contributed by atoms with Gasteiger partial charge in [0.25, 0.3) is 10.0 Å². The minimum atomic E-state index is -3.72. The molecule has 0 saturated heterocycles. The van der Waals surface area contributed by atoms with Gasteiger partial charge in [-0.25, -0.2) is 8.42 Å². The van der Waals surface area contributed by atoms with Crippen molar-refractivity contribution in [1.29, 1.82) is 0 Å². The Morgan fingerprint density at radius 1 is 1.00 bits per heavy atom. The molecule has 1 atom stereocenters. The Morgan fingerprint density at radius 2 is 1.52 bits per heavy atom. The summed E-state index contributed by atoms with van der Waals surface area (Å²) in [6.45, 7) is 0.486. The minimum absolute atomic E-state index is 0.0203. The third kappa shape index (κ3) is 4.54. The van der Waals surface area contributed by atoms with Crippen LogP contribution in [0.3, 0.4) is 0 Å². The number of rotatable bonds is 7. The number of nitrogens with one attached hydrogen (secondary N) is 1. The van der Waals surface area contributed by atoms with Gasteiger partial charge in [-0.05, 0) is 24.3 Å². The molecule has 0 spiro atoms. The van der Waals surface area contributed by atoms with E-state index < -0.39 is 16.1 Å². The molecule has 23 heavy (non-hydrogen) atoms. The van der Waals surface area contributed by atoms with Crippen molar-refractivity contribution < 1.29 is 18.4 Å². The van der Waals surface area contributed by atoms with Crippen molar-refractivity contribution in [1.82, 2.24) is 0 Å². The summed E-state index contributed by atoms with van der Waals surface area (Å²) >= 11 is 0. The molecule has 2 aromatic rings. The van der Waals surface area contributed by atoms with Gasteiger partial charge in [-0.1, -0.05) is 36.4 Å². The van der Waals surface area contributed by atoms with Crippen molar-refractivity contribution in [2.24, 2.45) is 0 Å². The van der Waals surface area contributed by atoms with Crippen LogP contribution in [-0.2, 0) is 10.0 Å². The molecule has 0 amide bonds. The third-order valence-electron chi connectivity index (χ3n) is 3.40. The van der Waals surface area contributed by atoms with Gasteiger partial charge in [-0.3, -0.25) is 4.31 Å². The second kappa shape index (κ2) is 7.59. The lowest BCUT2D eigenvalue weighted by atomic mass is 10.3. The number of hydrogen-bond acceptors (Lipinski definition) is 3. The number of anilines is 1. The van der Waals surface area contributed by atoms with Crippen LogP contribution < -0.4 is 9.21 Å². The molecular formula is C17H23N2O3S+. The maximum atomic E-state index is 13.0. The monoisotopic (exact) mass is 335 g/mol. The highest BCUT2D eigenvalue weighted by atomic mass is 32.2. The van der Waals surface area contributed by atoms with Crippen LogP contribution >= 0.6 is 0 Å². The first-order valence-corrected chi connectivity index (χ1v) is 8.95. The van der Waals surface area contributed by atoms with E-state index in [1.54, 1.807) is 54.6 Å². The molecule has 5 nitrogen and oxygen atoms in total. The maximum Gasteiger partial charge on any atom is 0.264 e. The van der Waals surface area contributed by atoms with Crippen LogP contribution in [-0.4, -0.2) is 46.8 Å². The fourth-order valence-corrected chi connectivity index (χ4v) is 3.91. The van der Waals surface area contributed by atoms with E-state index in [1.807, 2.05) is 20.2 Å². The van der Waals surface area contributed by atoms with Gasteiger partial charge in [-0.15, -0.1) is 0 Å². The SMILES string of the molecule is C[NH+](C)C[C@@H](O)CN(c1ccccc1)S(=O)(=O)c1ccccc1. The van der Waals surface area contributed by atoms with E-state index >= 15 is 0 Å². The molecule has 6 heteroatoms. The Balaban J connectivity index is 2.38. The zero-order valence-corrected chi connectivity index (χ0v) is 14.2. The summed E-state index contributed by atoms with van der Waals surface area (Å²) in [4.78, 5) is 1.27. The summed E-state index contributed by atoms with van der Waals surface area (Å²) in [6.07, 6.45) is -0.751. The van der Waals surface area contributed by atoms with Crippen molar-refractivity contribution in [2.75, 3.05) is 31.5 Å². The lowest BCUT2D eigenvalue weighted by Gasteiger charge is -2.27. The quantitative estimate of drug-likeness (QED) is 0.769. The first-order chi connectivity index (χ1) is 10.9. The standard InChI is InChI=1S/C17H22N2O3S/c1-18(2)13-16(20)14-19(15-9-5-3-6-10-15)23(21,22)17-11-7-4-8-12-17/h3-12,16,20H,13-14H2,1-2H3/p+1/t16-/m1/s1. The third-order valence-corrected chi connectivity index (χ3v) is 5.20. The molecule has 0 aromatic heterocycles. The predicted molar refractivity (Wildman–Crippen MR) is 91.1 cm³/mol. The first-order valence-electron chi connectivity index (χ1n) is 7.51. The van der Waals surface area contributed by atoms with Crippen molar-refractivity contribution in [3.05, 3.63) is 60.7 Å². The van der Waals surface area contributed by atoms with E-state index in [-0.39, 0.29) is 11.4 Å². The number of nitrogens with zero attached hydrogens (tertiary/aromatic N) is 1. The first kappa shape index (κ1) is 17.5. The Morgan fingerprint density at radius 3 is 2.04 bits per heavy atom. The smallest absolute Gasteiger partial charge is 0.264 e. The van der Waals surface area contributed by atoms with Crippen molar-refractivity contribution in [3.8, 4) is 0 Å². The minimum Gasteiger partial charge on any atom is -0.385 e. The normalized spacial score (nSPS) is 13.0. The van der Waals surface area contributed by atoms with Crippen LogP contribution in [0.25, 0.3) is 0 Å². The lowest BCUT2D eigenvalue weighted by Crippen LogP contribution is -3.07. The van der Waals surface area contributed by atoms with Crippen molar-refractivity contribution >= 4 is 15.7 Å². The van der Waals surface area contributed by atoms with Crippen LogP contribution in [0.4, 0.5) is 5.69 Å². The summed E-state index contributed by atoms with van der Waals surface area (Å²) < 4.78 is 27.2. The highest BCUT2D eigenvalue weighted by Gasteiger charge is 2.27. The predicted octanol–water partition coefficient (Wildman–Crippen LogP) is 0.387. The fraction of sp³-hybridized carbons (Fsp3) is 0.294. The van der Waals surface area contributed by atoms with Gasteiger partial charge < -0.3 is 10.0 Å². The maximum absolute atomic E-state index is 13.0. The number of hydrogen-bond donors (Lipinski definition) is 2. The molecule has 0 aliphatic heterocycles. The largest absolute Gasteiger partial charge is 0.385 e. The van der Waals surface area contributed by atoms with E-state index in [2.05, 4.69) is 0 Å². The van der Waals surface area contributed by atoms with Gasteiger partial charge in [-0.2, -0.15) is 0 Å². The molecule has 2 aromatic carbocycles. The number of aliphatic hydroxyl groups excluding tert-OH is 1. The molecule has 0 aliphatic rings. The summed E-state index contributed by atoms with van der Waals surface area (Å²) in [5.41, 5.74) is 0.546. The summed E-state index contributed by atoms with van der Waals surface area (Å²) in [5, 5.41) is 10.2. The van der Waals surface area contributed by atoms with E-state index in [4.69, 9.17) is 0 Å². The Bertz CT molecular complexity index is 703. The van der Waals surface area contributed by atoms with Crippen LogP contribution in [0.15, 0.2) is 65.6 Å². The molecule has 0 fully saturated rings. The number of sulfonamides is 1. The highest BCUT2D eigenvalue weighted by molar-refractivity contribution is 7.92. The van der Waals surface area contributed by atoms with Crippen LogP contribution in [0.2, 0.25) is 0 Å². The van der Waals surface area contributed by atoms with Crippen LogP contribution in [0.1, 0.15) is 0 Å². The molecular weight excluding hydrogens is 312 g/mol. The Kier molecular flexibility index (Phi) is 5.76. The molecule has 0 unspecified atom stereocenters. The Labute approximate surface area is 137 Å². The molecule has 2 rings (SSSR count). The van der Waals surface area contributed by atoms with E-state index in [0.717, 1.165) is 4.90 Å². The lowest BCUT2D eigenvalue weighted by molar-refractivity contribution is -0.861. The molecule has 0 aliphatic carbocycles. The van der Waals surface area contributed by atoms with Crippen molar-refractivity contribution in [3.63, 3.8) is 0 Å². The highest BCUT2D eigenvalue weighted by Crippen LogP contribution is 2.23. The number of aliphatic hydroxyl groups is 1. The summed E-state index contributed by atoms with van der Waals surface area (Å²) in [5.74, 6) is 0. The van der Waals surface area contributed by atoms with Gasteiger partial charge in [0.2, 0.25) is 0 Å². The molecule has 0 saturated carbocycles. The average Bonchev–Trinajstić information content (AvgIpc) is 2.53. The van der Waals surface area contributed by atoms with E-state index in [0.29, 0.717) is 12.2 Å². The summed E-state index contributed by atoms with van der Waals surface area (Å²) in [6, 6.07) is 17.1. The van der Waals surface area contributed by atoms with Gasteiger partial charge in [0, 0.05) is 0 Å². The van der Waals surface area contributed by atoms with Gasteiger partial charge in [0.15, 0.2) is 0 Å². The zero-order chi connectivity index (χ0) is 16.9. The number of benzene rings is 2. The summed E-state index contributed by atoms with van der Waals surface area (Å²) in [7, 11) is 0.116. The van der Waals surface area contributed by atoms with E-state index in [9.17, 15) is 13.5 Å². The van der Waals surface area contributed by atoms with Gasteiger partial charge in [0.05, 0.1) is 31.2 Å². The molecule has 2 N–H and O–H groups in total. The second-order valence-electron chi connectivity index (χ2n) is 5.75. The average molecular weight is 335 g/mol. The topological polar surface area (TPSA) is 62.1 Å². The van der Waals surface area contributed by atoms with Gasteiger partial charge in [0.1, 0.15) is 12.6 Å². The van der Waals surface area contributed by atoms with Crippen LogP contribution in [0, 0.1) is 0 Å². The number of para-hydroxylation sites is 1. The number of quaternary nitrogens is 1. The van der Waals surface area contributed by atoms with Gasteiger partial charge >= 0.3 is 0 Å². The molecule has 0 radical (unpaired) electrons. The fourth-order valence-electron chi connectivity index (χ4n) is 2.38. The molecule has 0 bridgehead atoms. The van der Waals surface area contributed by atoms with Crippen molar-refractivity contribution in [2.45, 2.75) is 11.0 Å². The van der Waals surface area contributed by atoms with E-state index in [1.165, 1.54) is 4.31 Å². The zero-order valence-electron chi connectivity index (χ0n) is 13.4. The number of likely N-dealkylation sites (N-methyl/N-ethyl adjacent to an activating group) is 1. The van der Waals surface area contributed by atoms with Crippen LogP contribution in [0.5, 0.6) is 0 Å². The Hall–Kier alpha value is -1.89.